The van der Waals surface area contributed by atoms with Crippen LogP contribution in [-0.2, 0) is 38.3 Å². The van der Waals surface area contributed by atoms with Crippen LogP contribution in [0.3, 0.4) is 0 Å². The highest BCUT2D eigenvalue weighted by molar-refractivity contribution is 6.01. The van der Waals surface area contributed by atoms with Crippen molar-refractivity contribution in [3.05, 3.63) is 73.9 Å². The van der Waals surface area contributed by atoms with Crippen molar-refractivity contribution in [3.63, 3.8) is 0 Å². The number of Topliss-reactive ketones (excluding diaryl/α,β-unsaturated/α-hetero) is 1. The summed E-state index contributed by atoms with van der Waals surface area (Å²) in [6.45, 7) is 0.117. The van der Waals surface area contributed by atoms with Gasteiger partial charge in [0.25, 0.3) is 10.2 Å². The summed E-state index contributed by atoms with van der Waals surface area (Å²) in [7, 11) is 1.25. The molecule has 0 saturated heterocycles. The van der Waals surface area contributed by atoms with Crippen LogP contribution in [0.5, 0.6) is 11.5 Å². The molecule has 1 amide bonds. The molecule has 9 atom stereocenters. The zero-order valence-electron chi connectivity index (χ0n) is 32.6. The fourth-order valence-corrected chi connectivity index (χ4v) is 9.12. The highest BCUT2D eigenvalue weighted by atomic mass is 19.1. The molecule has 0 bridgehead atoms. The predicted molar refractivity (Wildman–Crippen MR) is 197 cm³/mol. The molecule has 60 heavy (non-hydrogen) atoms. The number of ketones is 2. The van der Waals surface area contributed by atoms with Gasteiger partial charge in [0.1, 0.15) is 19.3 Å². The lowest BCUT2D eigenvalue weighted by Crippen LogP contribution is -2.69. The monoisotopic (exact) mass is 849 g/mol. The van der Waals surface area contributed by atoms with Gasteiger partial charge in [-0.1, -0.05) is 24.6 Å². The molecule has 0 aliphatic heterocycles. The van der Waals surface area contributed by atoms with E-state index in [0.717, 1.165) is 6.08 Å². The Hall–Kier alpha value is -6.00. The Bertz CT molecular complexity index is 2010. The SMILES string of the molecule is COc1cc(/C=C/C(=O)OCCC(CO[N+](=O)[O-])O[N+](=O)[O-])ccc1OC(=O)NCC(=O)OCC(=O)[C@@]1(O)[C@H](O)C[C@H]2[C@@H]3CCC4=CC(=O)C=C[C@]4(C)[C@@]3(F)[C@@H](O)C[C@@]21C. The van der Waals surface area contributed by atoms with Crippen molar-refractivity contribution < 1.29 is 82.5 Å². The first-order valence-corrected chi connectivity index (χ1v) is 18.7. The Morgan fingerprint density at radius 3 is 2.48 bits per heavy atom. The number of alkyl halides is 1. The van der Waals surface area contributed by atoms with E-state index in [4.69, 9.17) is 18.9 Å². The topological polar surface area (TPSA) is 300 Å². The second-order valence-corrected chi connectivity index (χ2v) is 15.3. The summed E-state index contributed by atoms with van der Waals surface area (Å²) in [6, 6.07) is 4.07. The number of rotatable bonds is 17. The van der Waals surface area contributed by atoms with Crippen LogP contribution >= 0.6 is 0 Å². The van der Waals surface area contributed by atoms with E-state index in [2.05, 4.69) is 15.0 Å². The molecular weight excluding hydrogens is 805 g/mol. The fraction of sp³-hybridized carbons (Fsp3) is 0.553. The predicted octanol–water partition coefficient (Wildman–Crippen LogP) is 1.70. The second-order valence-electron chi connectivity index (χ2n) is 15.3. The van der Waals surface area contributed by atoms with Gasteiger partial charge in [0.15, 0.2) is 35.2 Å². The van der Waals surface area contributed by atoms with Gasteiger partial charge in [0.05, 0.1) is 25.9 Å². The van der Waals surface area contributed by atoms with Crippen molar-refractivity contribution in [3.8, 4) is 11.5 Å². The van der Waals surface area contributed by atoms with Crippen molar-refractivity contribution in [1.29, 1.82) is 0 Å². The highest BCUT2D eigenvalue weighted by Gasteiger charge is 2.76. The molecule has 0 heterocycles. The molecule has 21 nitrogen and oxygen atoms in total. The summed E-state index contributed by atoms with van der Waals surface area (Å²) in [5.74, 6) is -5.15. The molecule has 5 rings (SSSR count). The molecule has 4 N–H and O–H groups in total. The van der Waals surface area contributed by atoms with Gasteiger partial charge in [-0.25, -0.2) is 14.0 Å². The zero-order chi connectivity index (χ0) is 44.2. The minimum atomic E-state index is -2.53. The standard InChI is InChI=1S/C38H44FN3O18/c1-35-12-10-23(43)15-22(35)6-7-25-26-16-29(44)38(50,36(26,2)17-30(45)37(25,35)39)31(46)20-57-33(48)18-40-34(49)59-27-8-4-21(14-28(27)55-3)5-9-32(47)56-13-11-24(60-42(53)54)19-58-41(51)52/h4-5,8-10,12,14-15,24-26,29-30,44-45,50H,6-7,11,13,16-20H2,1-3H3,(H,40,49)/b9-5+/t24?,25-,26-,29+,30-,35-,36-,37-,38-/m0/s1. The van der Waals surface area contributed by atoms with Crippen LogP contribution in [-0.4, -0.2) is 118 Å². The Morgan fingerprint density at radius 1 is 1.07 bits per heavy atom. The summed E-state index contributed by atoms with van der Waals surface area (Å²) < 4.78 is 37.7. The molecule has 3 saturated carbocycles. The third-order valence-corrected chi connectivity index (χ3v) is 12.1. The zero-order valence-corrected chi connectivity index (χ0v) is 32.6. The van der Waals surface area contributed by atoms with Crippen molar-refractivity contribution in [2.75, 3.05) is 33.5 Å². The van der Waals surface area contributed by atoms with Crippen LogP contribution in [0, 0.1) is 42.9 Å². The van der Waals surface area contributed by atoms with Crippen molar-refractivity contribution in [1.82, 2.24) is 5.32 Å². The molecule has 0 radical (unpaired) electrons. The maximum absolute atomic E-state index is 17.3. The molecule has 4 aliphatic carbocycles. The van der Waals surface area contributed by atoms with E-state index >= 15 is 4.39 Å². The number of ether oxygens (including phenoxy) is 4. The molecule has 22 heteroatoms. The Morgan fingerprint density at radius 2 is 1.80 bits per heavy atom. The number of aliphatic hydroxyl groups excluding tert-OH is 2. The molecular formula is C38H44FN3O18. The quantitative estimate of drug-likeness (QED) is 0.0750. The number of hydrogen-bond donors (Lipinski definition) is 4. The van der Waals surface area contributed by atoms with Gasteiger partial charge >= 0.3 is 18.0 Å². The normalized spacial score (nSPS) is 30.7. The number of methoxy groups -OCH3 is 1. The van der Waals surface area contributed by atoms with Gasteiger partial charge in [-0.15, -0.1) is 20.2 Å². The highest BCUT2D eigenvalue weighted by Crippen LogP contribution is 2.69. The second kappa shape index (κ2) is 17.7. The molecule has 1 unspecified atom stereocenters. The molecule has 1 aromatic rings. The van der Waals surface area contributed by atoms with Gasteiger partial charge in [0.2, 0.25) is 5.78 Å². The first-order valence-electron chi connectivity index (χ1n) is 18.7. The number of amides is 1. The number of allylic oxidation sites excluding steroid dienone is 4. The third-order valence-electron chi connectivity index (χ3n) is 12.1. The van der Waals surface area contributed by atoms with E-state index < -0.39 is 119 Å². The van der Waals surface area contributed by atoms with Crippen LogP contribution in [0.4, 0.5) is 9.18 Å². The average Bonchev–Trinajstić information content (AvgIpc) is 3.39. The van der Waals surface area contributed by atoms with E-state index in [1.807, 2.05) is 0 Å². The van der Waals surface area contributed by atoms with Crippen molar-refractivity contribution in [2.45, 2.75) is 75.5 Å². The molecule has 326 valence electrons. The van der Waals surface area contributed by atoms with Crippen molar-refractivity contribution >= 4 is 35.7 Å². The number of fused-ring (bicyclic) bond motifs is 5. The molecule has 1 aromatic carbocycles. The van der Waals surface area contributed by atoms with Gasteiger partial charge in [-0.05, 0) is 74.4 Å². The number of nitrogens with one attached hydrogen (secondary N) is 1. The number of esters is 2. The largest absolute Gasteiger partial charge is 0.493 e. The number of carbonyl (C=O) groups excluding carboxylic acids is 5. The Labute approximate surface area is 340 Å². The smallest absolute Gasteiger partial charge is 0.413 e. The minimum absolute atomic E-state index is 0.0111. The van der Waals surface area contributed by atoms with Crippen LogP contribution < -0.4 is 14.8 Å². The Balaban J connectivity index is 1.11. The van der Waals surface area contributed by atoms with E-state index in [0.29, 0.717) is 17.6 Å². The van der Waals surface area contributed by atoms with Crippen molar-refractivity contribution in [2.24, 2.45) is 22.7 Å². The number of nitrogens with zero attached hydrogens (tertiary/aromatic N) is 2. The summed E-state index contributed by atoms with van der Waals surface area (Å²) in [5, 5.41) is 55.2. The van der Waals surface area contributed by atoms with E-state index in [1.54, 1.807) is 6.92 Å². The van der Waals surface area contributed by atoms with Crippen LogP contribution in [0.25, 0.3) is 6.08 Å². The van der Waals surface area contributed by atoms with E-state index in [1.165, 1.54) is 56.5 Å². The number of benzene rings is 1. The number of carbonyl (C=O) groups is 5. The summed E-state index contributed by atoms with van der Waals surface area (Å²) in [5.41, 5.74) is -6.76. The first kappa shape index (κ1) is 45.1. The fourth-order valence-electron chi connectivity index (χ4n) is 9.12. The maximum atomic E-state index is 17.3. The Kier molecular flexibility index (Phi) is 13.3. The van der Waals surface area contributed by atoms with Crippen LogP contribution in [0.2, 0.25) is 0 Å². The van der Waals surface area contributed by atoms with E-state index in [-0.39, 0.29) is 36.5 Å². The number of hydrogen-bond acceptors (Lipinski definition) is 18. The number of aliphatic hydroxyl groups is 3. The maximum Gasteiger partial charge on any atom is 0.413 e. The number of halogens is 1. The lowest BCUT2D eigenvalue weighted by molar-refractivity contribution is -0.790. The molecule has 0 spiro atoms. The lowest BCUT2D eigenvalue weighted by Gasteiger charge is -2.62. The molecule has 3 fully saturated rings. The molecule has 0 aromatic heterocycles. The molecule has 4 aliphatic rings. The van der Waals surface area contributed by atoms with Crippen LogP contribution in [0.1, 0.15) is 51.5 Å². The average molecular weight is 850 g/mol. The van der Waals surface area contributed by atoms with Gasteiger partial charge in [-0.2, -0.15) is 0 Å². The third kappa shape index (κ3) is 8.66. The first-order chi connectivity index (χ1) is 28.2. The summed E-state index contributed by atoms with van der Waals surface area (Å²) in [6.07, 6.45) is 0.124. The summed E-state index contributed by atoms with van der Waals surface area (Å²) in [4.78, 5) is 92.1. The minimum Gasteiger partial charge on any atom is -0.493 e. The van der Waals surface area contributed by atoms with E-state index in [9.17, 15) is 59.5 Å². The van der Waals surface area contributed by atoms with Gasteiger partial charge < -0.3 is 49.3 Å². The lowest BCUT2D eigenvalue weighted by atomic mass is 9.44. The van der Waals surface area contributed by atoms with Crippen LogP contribution in [0.15, 0.2) is 48.1 Å². The van der Waals surface area contributed by atoms with Gasteiger partial charge in [0, 0.05) is 29.2 Å². The summed E-state index contributed by atoms with van der Waals surface area (Å²) >= 11 is 0. The van der Waals surface area contributed by atoms with Gasteiger partial charge in [-0.3, -0.25) is 14.4 Å².